The highest BCUT2D eigenvalue weighted by Crippen LogP contribution is 2.36. The normalized spacial score (nSPS) is 19.4. The molecular weight excluding hydrogens is 695 g/mol. The number of ether oxygens (including phenoxy) is 6. The quantitative estimate of drug-likeness (QED) is 0.0829. The van der Waals surface area contributed by atoms with Gasteiger partial charge in [-0.05, 0) is 34.2 Å². The third-order valence-corrected chi connectivity index (χ3v) is 9.66. The Morgan fingerprint density at radius 2 is 0.873 bits per heavy atom. The first-order valence-electron chi connectivity index (χ1n) is 18.7. The number of piperidine rings is 1. The number of benzene rings is 5. The van der Waals surface area contributed by atoms with Crippen LogP contribution in [0.3, 0.4) is 0 Å². The van der Waals surface area contributed by atoms with Gasteiger partial charge in [-0.2, -0.15) is 0 Å². The molecule has 0 aromatic heterocycles. The molecule has 1 aliphatic rings. The van der Waals surface area contributed by atoms with E-state index >= 15 is 0 Å². The zero-order valence-electron chi connectivity index (χ0n) is 31.2. The van der Waals surface area contributed by atoms with Crippen LogP contribution in [0.15, 0.2) is 152 Å². The minimum atomic E-state index is -0.746. The Hall–Kier alpha value is -5.32. The number of carbonyl (C=O) groups excluding carboxylic acids is 2. The van der Waals surface area contributed by atoms with Gasteiger partial charge in [-0.3, -0.25) is 9.69 Å². The molecule has 5 aromatic rings. The Balaban J connectivity index is 1.42. The summed E-state index contributed by atoms with van der Waals surface area (Å²) in [6, 6.07) is 47.6. The molecule has 5 atom stereocenters. The van der Waals surface area contributed by atoms with Gasteiger partial charge >= 0.3 is 12.1 Å². The van der Waals surface area contributed by atoms with Crippen molar-refractivity contribution in [1.82, 2.24) is 4.90 Å². The predicted molar refractivity (Wildman–Crippen MR) is 208 cm³/mol. The summed E-state index contributed by atoms with van der Waals surface area (Å²) in [6.45, 7) is 1.21. The summed E-state index contributed by atoms with van der Waals surface area (Å²) in [4.78, 5) is 29.1. The Morgan fingerprint density at radius 3 is 1.31 bits per heavy atom. The summed E-state index contributed by atoms with van der Waals surface area (Å²) in [5.41, 5.74) is 4.71. The number of hydrogen-bond acceptors (Lipinski definition) is 8. The van der Waals surface area contributed by atoms with Crippen LogP contribution in [0, 0.1) is 0 Å². The molecule has 1 fully saturated rings. The van der Waals surface area contributed by atoms with E-state index in [2.05, 4.69) is 0 Å². The zero-order valence-corrected chi connectivity index (χ0v) is 31.2. The molecule has 6 rings (SSSR count). The van der Waals surface area contributed by atoms with E-state index in [1.54, 1.807) is 4.90 Å². The van der Waals surface area contributed by atoms with Gasteiger partial charge in [0.2, 0.25) is 0 Å². The van der Waals surface area contributed by atoms with Crippen molar-refractivity contribution in [2.75, 3.05) is 13.7 Å². The van der Waals surface area contributed by atoms with Crippen LogP contribution in [-0.2, 0) is 66.3 Å². The number of amides is 1. The number of likely N-dealkylation sites (tertiary alicyclic amines) is 1. The SMILES string of the molecule is COC(=O)CC[C@@H]1[C@H](OCc2ccccc2)[C@@H](OCc2ccccc2)[C@@H](OCc2ccccc2)[C@@H](COCc2ccccc2)N1C(=O)OCc1ccccc1. The van der Waals surface area contributed by atoms with Gasteiger partial charge in [-0.25, -0.2) is 4.79 Å². The van der Waals surface area contributed by atoms with Crippen LogP contribution >= 0.6 is 0 Å². The number of rotatable bonds is 18. The first-order chi connectivity index (χ1) is 27.1. The first kappa shape index (κ1) is 39.4. The zero-order chi connectivity index (χ0) is 38.1. The third kappa shape index (κ3) is 11.6. The molecule has 0 aliphatic carbocycles. The van der Waals surface area contributed by atoms with Gasteiger partial charge in [0.1, 0.15) is 24.9 Å². The van der Waals surface area contributed by atoms with E-state index in [-0.39, 0.29) is 45.9 Å². The van der Waals surface area contributed by atoms with E-state index in [1.165, 1.54) is 7.11 Å². The monoisotopic (exact) mass is 743 g/mol. The molecule has 286 valence electrons. The highest BCUT2D eigenvalue weighted by molar-refractivity contribution is 5.71. The van der Waals surface area contributed by atoms with Crippen LogP contribution < -0.4 is 0 Å². The average Bonchev–Trinajstić information content (AvgIpc) is 3.24. The highest BCUT2D eigenvalue weighted by Gasteiger charge is 2.54. The number of methoxy groups -OCH3 is 1. The van der Waals surface area contributed by atoms with Crippen LogP contribution in [0.4, 0.5) is 4.79 Å². The highest BCUT2D eigenvalue weighted by atomic mass is 16.6. The second-order valence-electron chi connectivity index (χ2n) is 13.5. The van der Waals surface area contributed by atoms with Crippen LogP contribution in [0.25, 0.3) is 0 Å². The molecular formula is C46H49NO8. The second kappa shape index (κ2) is 21.0. The molecule has 9 heteroatoms. The fraction of sp³-hybridized carbons (Fsp3) is 0.304. The number of esters is 1. The topological polar surface area (TPSA) is 92.8 Å². The first-order valence-corrected chi connectivity index (χ1v) is 18.7. The molecule has 0 N–H and O–H groups in total. The van der Waals surface area contributed by atoms with Crippen molar-refractivity contribution >= 4 is 12.1 Å². The predicted octanol–water partition coefficient (Wildman–Crippen LogP) is 8.30. The lowest BCUT2D eigenvalue weighted by Gasteiger charge is -2.52. The summed E-state index contributed by atoms with van der Waals surface area (Å²) in [7, 11) is 1.36. The molecule has 1 amide bonds. The van der Waals surface area contributed by atoms with Crippen molar-refractivity contribution in [2.24, 2.45) is 0 Å². The molecule has 0 bridgehead atoms. The van der Waals surface area contributed by atoms with Gasteiger partial charge in [0.05, 0.1) is 52.2 Å². The van der Waals surface area contributed by atoms with Gasteiger partial charge in [0.25, 0.3) is 0 Å². The van der Waals surface area contributed by atoms with Crippen LogP contribution in [0.5, 0.6) is 0 Å². The summed E-state index contributed by atoms with van der Waals surface area (Å²) < 4.78 is 38.2. The van der Waals surface area contributed by atoms with Crippen molar-refractivity contribution in [3.05, 3.63) is 179 Å². The molecule has 0 spiro atoms. The van der Waals surface area contributed by atoms with Gasteiger partial charge < -0.3 is 28.4 Å². The standard InChI is InChI=1S/C46H49NO8/c1-50-42(48)28-27-40-43(52-30-36-19-9-3-10-20-36)45(54-32-38-23-13-5-14-24-38)44(53-31-37-21-11-4-12-22-37)41(34-51-29-35-17-7-2-8-18-35)47(40)46(49)55-33-39-25-15-6-16-26-39/h2-26,40-41,43-45H,27-34H2,1H3/t40-,41-,43+,44+,45-/m1/s1. The molecule has 9 nitrogen and oxygen atoms in total. The molecule has 0 unspecified atom stereocenters. The molecule has 5 aromatic carbocycles. The maximum atomic E-state index is 14.6. The van der Waals surface area contributed by atoms with E-state index < -0.39 is 42.5 Å². The van der Waals surface area contributed by atoms with Crippen LogP contribution in [0.1, 0.15) is 40.7 Å². The Labute approximate surface area is 323 Å². The van der Waals surface area contributed by atoms with E-state index in [1.807, 2.05) is 152 Å². The lowest BCUT2D eigenvalue weighted by atomic mass is 9.85. The summed E-state index contributed by atoms with van der Waals surface area (Å²) in [6.07, 6.45) is -2.50. The molecule has 55 heavy (non-hydrogen) atoms. The molecule has 0 saturated carbocycles. The van der Waals surface area contributed by atoms with Crippen molar-refractivity contribution in [2.45, 2.75) is 76.3 Å². The van der Waals surface area contributed by atoms with E-state index in [9.17, 15) is 9.59 Å². The largest absolute Gasteiger partial charge is 0.469 e. The number of hydrogen-bond donors (Lipinski definition) is 0. The van der Waals surface area contributed by atoms with E-state index in [0.29, 0.717) is 6.61 Å². The van der Waals surface area contributed by atoms with Crippen molar-refractivity contribution in [1.29, 1.82) is 0 Å². The average molecular weight is 744 g/mol. The third-order valence-electron chi connectivity index (χ3n) is 9.66. The van der Waals surface area contributed by atoms with Crippen molar-refractivity contribution < 1.29 is 38.0 Å². The van der Waals surface area contributed by atoms with Gasteiger partial charge in [-0.1, -0.05) is 152 Å². The molecule has 1 aliphatic heterocycles. The summed E-state index contributed by atoms with van der Waals surface area (Å²) in [5, 5.41) is 0. The Kier molecular flexibility index (Phi) is 15.0. The van der Waals surface area contributed by atoms with Gasteiger partial charge in [0.15, 0.2) is 0 Å². The fourth-order valence-electron chi connectivity index (χ4n) is 6.87. The molecule has 1 heterocycles. The number of carbonyl (C=O) groups is 2. The van der Waals surface area contributed by atoms with Crippen LogP contribution in [-0.4, -0.2) is 61.1 Å². The fourth-order valence-corrected chi connectivity index (χ4v) is 6.87. The van der Waals surface area contributed by atoms with Crippen molar-refractivity contribution in [3.63, 3.8) is 0 Å². The van der Waals surface area contributed by atoms with Crippen LogP contribution in [0.2, 0.25) is 0 Å². The van der Waals surface area contributed by atoms with Gasteiger partial charge in [-0.15, -0.1) is 0 Å². The maximum absolute atomic E-state index is 14.6. The van der Waals surface area contributed by atoms with E-state index in [4.69, 9.17) is 28.4 Å². The van der Waals surface area contributed by atoms with E-state index in [0.717, 1.165) is 27.8 Å². The minimum Gasteiger partial charge on any atom is -0.469 e. The smallest absolute Gasteiger partial charge is 0.410 e. The molecule has 1 saturated heterocycles. The lowest BCUT2D eigenvalue weighted by Crippen LogP contribution is -2.70. The summed E-state index contributed by atoms with van der Waals surface area (Å²) in [5.74, 6) is -0.402. The number of nitrogens with zero attached hydrogens (tertiary/aromatic N) is 1. The summed E-state index contributed by atoms with van der Waals surface area (Å²) >= 11 is 0. The van der Waals surface area contributed by atoms with Gasteiger partial charge in [0, 0.05) is 6.42 Å². The Morgan fingerprint density at radius 1 is 0.491 bits per heavy atom. The second-order valence-corrected chi connectivity index (χ2v) is 13.5. The maximum Gasteiger partial charge on any atom is 0.410 e. The Bertz CT molecular complexity index is 1850. The van der Waals surface area contributed by atoms with Crippen molar-refractivity contribution in [3.8, 4) is 0 Å². The lowest BCUT2D eigenvalue weighted by molar-refractivity contribution is -0.224. The minimum absolute atomic E-state index is 0.0351. The molecule has 0 radical (unpaired) electrons.